The Morgan fingerprint density at radius 3 is 2.50 bits per heavy atom. The second-order valence-corrected chi connectivity index (χ2v) is 2.98. The molecule has 72 valence electrons. The molecule has 0 heterocycles. The summed E-state index contributed by atoms with van der Waals surface area (Å²) >= 11 is 0. The number of methoxy groups -OCH3 is 1. The average Bonchev–Trinajstić information content (AvgIpc) is 2.03. The van der Waals surface area contributed by atoms with E-state index >= 15 is 0 Å². The van der Waals surface area contributed by atoms with Gasteiger partial charge in [-0.15, -0.1) is 0 Å². The molecule has 4 heteroatoms. The van der Waals surface area contributed by atoms with Gasteiger partial charge in [0.15, 0.2) is 0 Å². The molecule has 0 radical (unpaired) electrons. The van der Waals surface area contributed by atoms with Gasteiger partial charge in [0.1, 0.15) is 0 Å². The summed E-state index contributed by atoms with van der Waals surface area (Å²) in [6.07, 6.45) is 0.390. The molecule has 0 aliphatic rings. The second kappa shape index (κ2) is 5.97. The van der Waals surface area contributed by atoms with Crippen LogP contribution in [-0.4, -0.2) is 31.7 Å². The fraction of sp³-hybridized carbons (Fsp3) is 0.875. The van der Waals surface area contributed by atoms with Crippen molar-refractivity contribution < 1.29 is 9.53 Å². The Hall–Kier alpha value is -0.610. The van der Waals surface area contributed by atoms with Crippen LogP contribution in [0.2, 0.25) is 0 Å². The van der Waals surface area contributed by atoms with Crippen molar-refractivity contribution in [1.29, 1.82) is 0 Å². The maximum absolute atomic E-state index is 10.8. The SMILES string of the molecule is COC(=O)CC(C)N[C@H](C)CN. The topological polar surface area (TPSA) is 64.3 Å². The van der Waals surface area contributed by atoms with E-state index in [-0.39, 0.29) is 18.1 Å². The first-order chi connectivity index (χ1) is 5.60. The van der Waals surface area contributed by atoms with E-state index in [1.165, 1.54) is 7.11 Å². The highest BCUT2D eigenvalue weighted by Crippen LogP contribution is 1.94. The molecular formula is C8H18N2O2. The number of carbonyl (C=O) groups is 1. The van der Waals surface area contributed by atoms with Crippen LogP contribution in [0.1, 0.15) is 20.3 Å². The van der Waals surface area contributed by atoms with Crippen LogP contribution < -0.4 is 11.1 Å². The zero-order valence-electron chi connectivity index (χ0n) is 7.96. The minimum Gasteiger partial charge on any atom is -0.469 e. The minimum absolute atomic E-state index is 0.121. The van der Waals surface area contributed by atoms with E-state index in [0.717, 1.165) is 0 Å². The Kier molecular flexibility index (Phi) is 5.66. The molecule has 0 amide bonds. The van der Waals surface area contributed by atoms with Crippen LogP contribution >= 0.6 is 0 Å². The molecular weight excluding hydrogens is 156 g/mol. The van der Waals surface area contributed by atoms with Gasteiger partial charge in [-0.3, -0.25) is 4.79 Å². The maximum Gasteiger partial charge on any atom is 0.307 e. The van der Waals surface area contributed by atoms with Crippen molar-refractivity contribution in [2.75, 3.05) is 13.7 Å². The predicted octanol–water partition coefficient (Wildman–Crippen LogP) is -0.125. The van der Waals surface area contributed by atoms with Crippen molar-refractivity contribution in [3.05, 3.63) is 0 Å². The number of nitrogens with two attached hydrogens (primary N) is 1. The lowest BCUT2D eigenvalue weighted by atomic mass is 10.2. The van der Waals surface area contributed by atoms with Crippen molar-refractivity contribution in [3.63, 3.8) is 0 Å². The Balaban J connectivity index is 3.58. The molecule has 0 aromatic heterocycles. The Labute approximate surface area is 73.5 Å². The van der Waals surface area contributed by atoms with Crippen molar-refractivity contribution in [1.82, 2.24) is 5.32 Å². The third-order valence-corrected chi connectivity index (χ3v) is 1.62. The van der Waals surface area contributed by atoms with Crippen LogP contribution in [0, 0.1) is 0 Å². The highest BCUT2D eigenvalue weighted by Gasteiger charge is 2.10. The summed E-state index contributed by atoms with van der Waals surface area (Å²) in [5.74, 6) is -0.195. The summed E-state index contributed by atoms with van der Waals surface area (Å²) in [5.41, 5.74) is 5.40. The zero-order chi connectivity index (χ0) is 9.56. The molecule has 0 aromatic rings. The lowest BCUT2D eigenvalue weighted by Crippen LogP contribution is -2.40. The molecule has 0 fully saturated rings. The Morgan fingerprint density at radius 2 is 2.08 bits per heavy atom. The van der Waals surface area contributed by atoms with Gasteiger partial charge in [0.05, 0.1) is 13.5 Å². The van der Waals surface area contributed by atoms with E-state index in [0.29, 0.717) is 13.0 Å². The Bertz CT molecular complexity index is 139. The van der Waals surface area contributed by atoms with Crippen LogP contribution in [-0.2, 0) is 9.53 Å². The van der Waals surface area contributed by atoms with E-state index in [9.17, 15) is 4.79 Å². The molecule has 4 nitrogen and oxygen atoms in total. The first kappa shape index (κ1) is 11.4. The summed E-state index contributed by atoms with van der Waals surface area (Å²) < 4.78 is 4.53. The summed E-state index contributed by atoms with van der Waals surface area (Å²) in [6, 6.07) is 0.362. The number of hydrogen-bond acceptors (Lipinski definition) is 4. The minimum atomic E-state index is -0.195. The van der Waals surface area contributed by atoms with Crippen LogP contribution in [0.4, 0.5) is 0 Å². The third kappa shape index (κ3) is 5.09. The molecule has 0 aromatic carbocycles. The first-order valence-electron chi connectivity index (χ1n) is 4.13. The fourth-order valence-electron chi connectivity index (χ4n) is 0.946. The fourth-order valence-corrected chi connectivity index (χ4v) is 0.946. The van der Waals surface area contributed by atoms with Gasteiger partial charge in [0, 0.05) is 18.6 Å². The summed E-state index contributed by atoms with van der Waals surface area (Å²) in [6.45, 7) is 4.49. The van der Waals surface area contributed by atoms with Crippen LogP contribution in [0.25, 0.3) is 0 Å². The predicted molar refractivity (Wildman–Crippen MR) is 47.7 cm³/mol. The first-order valence-corrected chi connectivity index (χ1v) is 4.13. The molecule has 3 N–H and O–H groups in total. The standard InChI is InChI=1S/C8H18N2O2/c1-6(4-8(11)12-3)10-7(2)5-9/h6-7,10H,4-5,9H2,1-3H3/t6?,7-/m1/s1. The van der Waals surface area contributed by atoms with Crippen molar-refractivity contribution in [2.45, 2.75) is 32.4 Å². The van der Waals surface area contributed by atoms with Gasteiger partial charge in [0.2, 0.25) is 0 Å². The molecule has 0 saturated carbocycles. The molecule has 0 spiro atoms. The summed E-state index contributed by atoms with van der Waals surface area (Å²) in [4.78, 5) is 10.8. The number of nitrogens with one attached hydrogen (secondary N) is 1. The number of ether oxygens (including phenoxy) is 1. The quantitative estimate of drug-likeness (QED) is 0.570. The molecule has 0 aliphatic heterocycles. The Morgan fingerprint density at radius 1 is 1.50 bits per heavy atom. The normalized spacial score (nSPS) is 15.3. The van der Waals surface area contributed by atoms with Gasteiger partial charge in [-0.25, -0.2) is 0 Å². The molecule has 1 unspecified atom stereocenters. The maximum atomic E-state index is 10.8. The number of esters is 1. The lowest BCUT2D eigenvalue weighted by molar-refractivity contribution is -0.141. The largest absolute Gasteiger partial charge is 0.469 e. The summed E-state index contributed by atoms with van der Waals surface area (Å²) in [7, 11) is 1.39. The van der Waals surface area contributed by atoms with Gasteiger partial charge in [0.25, 0.3) is 0 Å². The molecule has 2 atom stereocenters. The average molecular weight is 174 g/mol. The number of carbonyl (C=O) groups excluding carboxylic acids is 1. The van der Waals surface area contributed by atoms with Gasteiger partial charge >= 0.3 is 5.97 Å². The highest BCUT2D eigenvalue weighted by atomic mass is 16.5. The zero-order valence-corrected chi connectivity index (χ0v) is 7.96. The molecule has 0 saturated heterocycles. The van der Waals surface area contributed by atoms with Crippen molar-refractivity contribution in [3.8, 4) is 0 Å². The van der Waals surface area contributed by atoms with E-state index in [1.54, 1.807) is 0 Å². The van der Waals surface area contributed by atoms with Crippen LogP contribution in [0.5, 0.6) is 0 Å². The molecule has 12 heavy (non-hydrogen) atoms. The number of rotatable bonds is 5. The molecule has 0 aliphatic carbocycles. The van der Waals surface area contributed by atoms with Gasteiger partial charge in [-0.2, -0.15) is 0 Å². The third-order valence-electron chi connectivity index (χ3n) is 1.62. The number of hydrogen-bond donors (Lipinski definition) is 2. The van der Waals surface area contributed by atoms with Crippen molar-refractivity contribution in [2.24, 2.45) is 5.73 Å². The van der Waals surface area contributed by atoms with Gasteiger partial charge < -0.3 is 15.8 Å². The smallest absolute Gasteiger partial charge is 0.307 e. The van der Waals surface area contributed by atoms with E-state index in [4.69, 9.17) is 5.73 Å². The van der Waals surface area contributed by atoms with Crippen LogP contribution in [0.3, 0.4) is 0 Å². The lowest BCUT2D eigenvalue weighted by Gasteiger charge is -2.17. The monoisotopic (exact) mass is 174 g/mol. The molecule has 0 bridgehead atoms. The molecule has 0 rings (SSSR count). The van der Waals surface area contributed by atoms with E-state index in [2.05, 4.69) is 10.1 Å². The summed E-state index contributed by atoms with van der Waals surface area (Å²) in [5, 5.41) is 3.17. The highest BCUT2D eigenvalue weighted by molar-refractivity contribution is 5.69. The van der Waals surface area contributed by atoms with Gasteiger partial charge in [-0.05, 0) is 13.8 Å². The van der Waals surface area contributed by atoms with Crippen LogP contribution in [0.15, 0.2) is 0 Å². The van der Waals surface area contributed by atoms with E-state index < -0.39 is 0 Å². The van der Waals surface area contributed by atoms with Gasteiger partial charge in [-0.1, -0.05) is 0 Å². The van der Waals surface area contributed by atoms with Crippen molar-refractivity contribution >= 4 is 5.97 Å². The second-order valence-electron chi connectivity index (χ2n) is 2.98. The van der Waals surface area contributed by atoms with E-state index in [1.807, 2.05) is 13.8 Å².